The molecule has 5 nitrogen and oxygen atoms in total. The minimum Gasteiger partial charge on any atom is -0.477 e. The molecule has 0 fully saturated rings. The molecule has 2 N–H and O–H groups in total. The Morgan fingerprint density at radius 2 is 1.94 bits per heavy atom. The summed E-state index contributed by atoms with van der Waals surface area (Å²) in [7, 11) is 0. The van der Waals surface area contributed by atoms with Crippen LogP contribution in [-0.2, 0) is 0 Å². The topological polar surface area (TPSA) is 70.3 Å². The monoisotopic (exact) mass is 245 g/mol. The highest BCUT2D eigenvalue weighted by Gasteiger charge is 2.04. The van der Waals surface area contributed by atoms with E-state index in [9.17, 15) is 0 Å². The van der Waals surface area contributed by atoms with E-state index in [0.29, 0.717) is 29.8 Å². The summed E-state index contributed by atoms with van der Waals surface area (Å²) in [6.07, 6.45) is 3.99. The molecule has 0 amide bonds. The molecule has 0 aliphatic carbocycles. The van der Waals surface area contributed by atoms with E-state index in [4.69, 9.17) is 15.2 Å². The maximum Gasteiger partial charge on any atom is 0.241 e. The Labute approximate surface area is 106 Å². The summed E-state index contributed by atoms with van der Waals surface area (Å²) in [5, 5.41) is 0. The Hall–Kier alpha value is -2.30. The van der Waals surface area contributed by atoms with Crippen molar-refractivity contribution in [3.8, 4) is 17.5 Å². The molecule has 2 rings (SSSR count). The molecule has 0 spiro atoms. The summed E-state index contributed by atoms with van der Waals surface area (Å²) in [5.41, 5.74) is 6.34. The fourth-order valence-corrected chi connectivity index (χ4v) is 1.34. The van der Waals surface area contributed by atoms with Crippen molar-refractivity contribution < 1.29 is 9.47 Å². The molecule has 94 valence electrons. The van der Waals surface area contributed by atoms with Crippen molar-refractivity contribution in [3.63, 3.8) is 0 Å². The fraction of sp³-hybridized carbons (Fsp3) is 0.231. The average Bonchev–Trinajstić information content (AvgIpc) is 2.40. The largest absolute Gasteiger partial charge is 0.477 e. The maximum absolute atomic E-state index is 5.78. The summed E-state index contributed by atoms with van der Waals surface area (Å²) < 4.78 is 10.9. The van der Waals surface area contributed by atoms with E-state index in [1.807, 2.05) is 19.1 Å². The second-order valence-corrected chi connectivity index (χ2v) is 3.68. The Morgan fingerprint density at radius 1 is 1.17 bits per heavy atom. The summed E-state index contributed by atoms with van der Waals surface area (Å²) in [6, 6.07) is 7.22. The number of nitrogens with two attached hydrogens (primary N) is 1. The average molecular weight is 245 g/mol. The van der Waals surface area contributed by atoms with Gasteiger partial charge < -0.3 is 15.2 Å². The quantitative estimate of drug-likeness (QED) is 0.820. The van der Waals surface area contributed by atoms with E-state index in [2.05, 4.69) is 9.97 Å². The Balaban J connectivity index is 2.12. The van der Waals surface area contributed by atoms with E-state index in [-0.39, 0.29) is 0 Å². The van der Waals surface area contributed by atoms with Crippen LogP contribution in [0.5, 0.6) is 17.5 Å². The maximum atomic E-state index is 5.78. The van der Waals surface area contributed by atoms with Crippen molar-refractivity contribution in [2.45, 2.75) is 13.3 Å². The summed E-state index contributed by atoms with van der Waals surface area (Å²) >= 11 is 0. The lowest BCUT2D eigenvalue weighted by Crippen LogP contribution is -1.99. The highest BCUT2D eigenvalue weighted by Crippen LogP contribution is 2.25. The van der Waals surface area contributed by atoms with Gasteiger partial charge in [-0.1, -0.05) is 19.1 Å². The SMILES string of the molecule is CCCOc1cncc(Oc2ccccc2N)n1. The zero-order valence-corrected chi connectivity index (χ0v) is 10.2. The fourth-order valence-electron chi connectivity index (χ4n) is 1.34. The predicted molar refractivity (Wildman–Crippen MR) is 68.7 cm³/mol. The van der Waals surface area contributed by atoms with Crippen LogP contribution in [0.1, 0.15) is 13.3 Å². The van der Waals surface area contributed by atoms with Gasteiger partial charge >= 0.3 is 0 Å². The minimum absolute atomic E-state index is 0.363. The molecule has 0 radical (unpaired) electrons. The van der Waals surface area contributed by atoms with Gasteiger partial charge in [0.15, 0.2) is 5.75 Å². The number of nitrogen functional groups attached to an aromatic ring is 1. The lowest BCUT2D eigenvalue weighted by Gasteiger charge is -2.08. The van der Waals surface area contributed by atoms with E-state index >= 15 is 0 Å². The number of benzene rings is 1. The van der Waals surface area contributed by atoms with Crippen LogP contribution < -0.4 is 15.2 Å². The van der Waals surface area contributed by atoms with Gasteiger partial charge in [-0.25, -0.2) is 0 Å². The number of ether oxygens (including phenoxy) is 2. The summed E-state index contributed by atoms with van der Waals surface area (Å²) in [5.74, 6) is 1.37. The molecule has 5 heteroatoms. The number of para-hydroxylation sites is 2. The molecule has 2 aromatic rings. The van der Waals surface area contributed by atoms with Gasteiger partial charge in [-0.05, 0) is 18.6 Å². The van der Waals surface area contributed by atoms with Gasteiger partial charge in [-0.15, -0.1) is 0 Å². The van der Waals surface area contributed by atoms with Crippen molar-refractivity contribution in [3.05, 3.63) is 36.7 Å². The molecule has 0 saturated carbocycles. The van der Waals surface area contributed by atoms with Crippen LogP contribution in [0.4, 0.5) is 5.69 Å². The van der Waals surface area contributed by atoms with Gasteiger partial charge in [-0.2, -0.15) is 4.98 Å². The lowest BCUT2D eigenvalue weighted by atomic mass is 10.3. The molecule has 1 heterocycles. The van der Waals surface area contributed by atoms with E-state index in [1.165, 1.54) is 6.20 Å². The van der Waals surface area contributed by atoms with Crippen molar-refractivity contribution >= 4 is 5.69 Å². The van der Waals surface area contributed by atoms with E-state index in [1.54, 1.807) is 18.3 Å². The predicted octanol–water partition coefficient (Wildman–Crippen LogP) is 2.64. The van der Waals surface area contributed by atoms with Gasteiger partial charge in [0, 0.05) is 0 Å². The number of anilines is 1. The first kappa shape index (κ1) is 12.2. The van der Waals surface area contributed by atoms with Crippen LogP contribution in [-0.4, -0.2) is 16.6 Å². The number of aromatic nitrogens is 2. The third kappa shape index (κ3) is 3.10. The van der Waals surface area contributed by atoms with Gasteiger partial charge in [0.2, 0.25) is 11.8 Å². The molecule has 0 bridgehead atoms. The molecule has 1 aromatic carbocycles. The van der Waals surface area contributed by atoms with Gasteiger partial charge in [0.1, 0.15) is 0 Å². The van der Waals surface area contributed by atoms with E-state index in [0.717, 1.165) is 6.42 Å². The summed E-state index contributed by atoms with van der Waals surface area (Å²) in [6.45, 7) is 2.63. The Bertz CT molecular complexity index is 517. The van der Waals surface area contributed by atoms with Crippen LogP contribution >= 0.6 is 0 Å². The van der Waals surface area contributed by atoms with Crippen molar-refractivity contribution in [2.24, 2.45) is 0 Å². The number of hydrogen-bond acceptors (Lipinski definition) is 5. The molecular formula is C13H15N3O2. The molecule has 18 heavy (non-hydrogen) atoms. The molecule has 0 atom stereocenters. The van der Waals surface area contributed by atoms with Gasteiger partial charge in [0.25, 0.3) is 0 Å². The smallest absolute Gasteiger partial charge is 0.241 e. The molecule has 0 aliphatic rings. The third-order valence-electron chi connectivity index (χ3n) is 2.18. The summed E-state index contributed by atoms with van der Waals surface area (Å²) in [4.78, 5) is 8.19. The first-order valence-electron chi connectivity index (χ1n) is 5.77. The van der Waals surface area contributed by atoms with Crippen molar-refractivity contribution in [1.82, 2.24) is 9.97 Å². The molecular weight excluding hydrogens is 230 g/mol. The van der Waals surface area contributed by atoms with Crippen LogP contribution in [0.25, 0.3) is 0 Å². The zero-order valence-electron chi connectivity index (χ0n) is 10.2. The van der Waals surface area contributed by atoms with Crippen molar-refractivity contribution in [2.75, 3.05) is 12.3 Å². The highest BCUT2D eigenvalue weighted by atomic mass is 16.5. The molecule has 0 aliphatic heterocycles. The molecule has 0 saturated heterocycles. The van der Waals surface area contributed by atoms with Gasteiger partial charge in [0.05, 0.1) is 24.7 Å². The lowest BCUT2D eigenvalue weighted by molar-refractivity contribution is 0.299. The second kappa shape index (κ2) is 5.86. The van der Waals surface area contributed by atoms with Crippen LogP contribution in [0.15, 0.2) is 36.7 Å². The molecule has 0 unspecified atom stereocenters. The highest BCUT2D eigenvalue weighted by molar-refractivity contribution is 5.52. The first-order chi connectivity index (χ1) is 8.79. The Kier molecular flexibility index (Phi) is 3.96. The number of nitrogens with zero attached hydrogens (tertiary/aromatic N) is 2. The second-order valence-electron chi connectivity index (χ2n) is 3.68. The zero-order chi connectivity index (χ0) is 12.8. The Morgan fingerprint density at radius 3 is 2.72 bits per heavy atom. The van der Waals surface area contributed by atoms with Crippen LogP contribution in [0, 0.1) is 0 Å². The van der Waals surface area contributed by atoms with Crippen LogP contribution in [0.3, 0.4) is 0 Å². The number of rotatable bonds is 5. The van der Waals surface area contributed by atoms with E-state index < -0.39 is 0 Å². The molecule has 1 aromatic heterocycles. The normalized spacial score (nSPS) is 10.1. The standard InChI is InChI=1S/C13H15N3O2/c1-2-7-17-12-8-15-9-13(16-12)18-11-6-4-3-5-10(11)14/h3-6,8-9H,2,7,14H2,1H3. The first-order valence-corrected chi connectivity index (χ1v) is 5.77. The van der Waals surface area contributed by atoms with Crippen LogP contribution in [0.2, 0.25) is 0 Å². The van der Waals surface area contributed by atoms with Gasteiger partial charge in [-0.3, -0.25) is 4.98 Å². The third-order valence-corrected chi connectivity index (χ3v) is 2.18. The number of hydrogen-bond donors (Lipinski definition) is 1. The van der Waals surface area contributed by atoms with Crippen molar-refractivity contribution in [1.29, 1.82) is 0 Å². The minimum atomic E-state index is 0.363.